The number of aliphatic hydroxyl groups is 1. The first kappa shape index (κ1) is 16.8. The van der Waals surface area contributed by atoms with Gasteiger partial charge in [-0.2, -0.15) is 5.10 Å². The third kappa shape index (κ3) is 4.99. The van der Waals surface area contributed by atoms with Gasteiger partial charge in [0.15, 0.2) is 0 Å². The van der Waals surface area contributed by atoms with Crippen molar-refractivity contribution in [3.63, 3.8) is 0 Å². The third-order valence-electron chi connectivity index (χ3n) is 3.76. The van der Waals surface area contributed by atoms with Crippen molar-refractivity contribution in [3.8, 4) is 0 Å². The van der Waals surface area contributed by atoms with E-state index in [0.717, 1.165) is 13.1 Å². The second-order valence-electron chi connectivity index (χ2n) is 6.59. The lowest BCUT2D eigenvalue weighted by molar-refractivity contribution is 0.0119. The highest BCUT2D eigenvalue weighted by molar-refractivity contribution is 5.74. The number of rotatable bonds is 5. The summed E-state index contributed by atoms with van der Waals surface area (Å²) < 4.78 is 1.80. The van der Waals surface area contributed by atoms with Gasteiger partial charge in [0.2, 0.25) is 0 Å². The molecule has 2 rings (SSSR count). The van der Waals surface area contributed by atoms with Gasteiger partial charge in [-0.15, -0.1) is 0 Å². The Morgan fingerprint density at radius 3 is 2.82 bits per heavy atom. The Balaban J connectivity index is 1.74. The zero-order chi connectivity index (χ0) is 16.2. The maximum absolute atomic E-state index is 12.2. The molecule has 2 N–H and O–H groups in total. The second kappa shape index (κ2) is 7.11. The molecular formula is C15H27N5O2. The molecule has 0 aromatic carbocycles. The van der Waals surface area contributed by atoms with E-state index in [4.69, 9.17) is 0 Å². The molecule has 0 spiro atoms. The predicted molar refractivity (Wildman–Crippen MR) is 84.5 cm³/mol. The standard InChI is InChI=1S/C15H27N5O2/c1-13-11-18(12-15(2,3)22)9-10-20(13)14(21)16-6-8-19-7-4-5-17-19/h4-5,7,13,22H,6,8-12H2,1-3H3,(H,16,21)/t13-/m1/s1. The molecule has 7 heteroatoms. The molecular weight excluding hydrogens is 282 g/mol. The number of hydrogen-bond acceptors (Lipinski definition) is 4. The van der Waals surface area contributed by atoms with Gasteiger partial charge in [-0.05, 0) is 26.8 Å². The largest absolute Gasteiger partial charge is 0.389 e. The van der Waals surface area contributed by atoms with Crippen molar-refractivity contribution >= 4 is 6.03 Å². The predicted octanol–water partition coefficient (Wildman–Crippen LogP) is 0.370. The van der Waals surface area contributed by atoms with Crippen LogP contribution >= 0.6 is 0 Å². The van der Waals surface area contributed by atoms with Crippen LogP contribution in [0, 0.1) is 0 Å². The van der Waals surface area contributed by atoms with E-state index < -0.39 is 5.60 Å². The van der Waals surface area contributed by atoms with E-state index in [2.05, 4.69) is 15.3 Å². The minimum absolute atomic E-state index is 0.0254. The molecule has 1 aromatic heterocycles. The van der Waals surface area contributed by atoms with Crippen molar-refractivity contribution in [1.29, 1.82) is 0 Å². The van der Waals surface area contributed by atoms with Crippen molar-refractivity contribution in [2.45, 2.75) is 39.0 Å². The molecule has 1 aromatic rings. The van der Waals surface area contributed by atoms with Gasteiger partial charge in [-0.1, -0.05) is 0 Å². The number of β-amino-alcohol motifs (C(OH)–C–C–N with tert-alkyl or cyclic N) is 1. The number of urea groups is 1. The van der Waals surface area contributed by atoms with Gasteiger partial charge < -0.3 is 15.3 Å². The number of nitrogens with zero attached hydrogens (tertiary/aromatic N) is 4. The van der Waals surface area contributed by atoms with Gasteiger partial charge >= 0.3 is 6.03 Å². The molecule has 1 aliphatic heterocycles. The van der Waals surface area contributed by atoms with E-state index in [1.165, 1.54) is 0 Å². The molecule has 0 radical (unpaired) electrons. The number of nitrogens with one attached hydrogen (secondary N) is 1. The van der Waals surface area contributed by atoms with Crippen LogP contribution in [0.1, 0.15) is 20.8 Å². The Morgan fingerprint density at radius 2 is 2.23 bits per heavy atom. The third-order valence-corrected chi connectivity index (χ3v) is 3.76. The maximum atomic E-state index is 12.2. The van der Waals surface area contributed by atoms with Crippen LogP contribution < -0.4 is 5.32 Å². The van der Waals surface area contributed by atoms with E-state index >= 15 is 0 Å². The summed E-state index contributed by atoms with van der Waals surface area (Å²) in [6, 6.07) is 1.98. The fraction of sp³-hybridized carbons (Fsp3) is 0.733. The van der Waals surface area contributed by atoms with Crippen LogP contribution in [0.5, 0.6) is 0 Å². The summed E-state index contributed by atoms with van der Waals surface area (Å²) in [5.74, 6) is 0. The molecule has 0 unspecified atom stereocenters. The summed E-state index contributed by atoms with van der Waals surface area (Å²) >= 11 is 0. The molecule has 7 nitrogen and oxygen atoms in total. The van der Waals surface area contributed by atoms with Crippen LogP contribution in [0.15, 0.2) is 18.5 Å². The first-order valence-corrected chi connectivity index (χ1v) is 7.82. The summed E-state index contributed by atoms with van der Waals surface area (Å²) in [5.41, 5.74) is -0.700. The van der Waals surface area contributed by atoms with Crippen molar-refractivity contribution in [2.75, 3.05) is 32.7 Å². The lowest BCUT2D eigenvalue weighted by atomic mass is 10.1. The van der Waals surface area contributed by atoms with Gasteiger partial charge in [0.05, 0.1) is 12.1 Å². The van der Waals surface area contributed by atoms with Crippen molar-refractivity contribution < 1.29 is 9.90 Å². The number of aromatic nitrogens is 2. The van der Waals surface area contributed by atoms with Gasteiger partial charge in [0, 0.05) is 51.2 Å². The lowest BCUT2D eigenvalue weighted by Gasteiger charge is -2.41. The monoisotopic (exact) mass is 309 g/mol. The maximum Gasteiger partial charge on any atom is 0.317 e. The highest BCUT2D eigenvalue weighted by atomic mass is 16.3. The zero-order valence-corrected chi connectivity index (χ0v) is 13.7. The second-order valence-corrected chi connectivity index (χ2v) is 6.59. The quantitative estimate of drug-likeness (QED) is 0.824. The topological polar surface area (TPSA) is 73.6 Å². The van der Waals surface area contributed by atoms with Crippen LogP contribution in [-0.4, -0.2) is 75.1 Å². The van der Waals surface area contributed by atoms with Crippen LogP contribution in [0.25, 0.3) is 0 Å². The van der Waals surface area contributed by atoms with E-state index in [9.17, 15) is 9.90 Å². The highest BCUT2D eigenvalue weighted by Gasteiger charge is 2.29. The Hall–Kier alpha value is -1.60. The first-order chi connectivity index (χ1) is 10.3. The highest BCUT2D eigenvalue weighted by Crippen LogP contribution is 2.13. The summed E-state index contributed by atoms with van der Waals surface area (Å²) in [6.07, 6.45) is 3.61. The molecule has 0 bridgehead atoms. The molecule has 0 saturated carbocycles. The van der Waals surface area contributed by atoms with Crippen molar-refractivity contribution in [1.82, 2.24) is 24.9 Å². The molecule has 2 heterocycles. The zero-order valence-electron chi connectivity index (χ0n) is 13.7. The normalized spacial score (nSPS) is 20.2. The summed E-state index contributed by atoms with van der Waals surface area (Å²) in [7, 11) is 0. The lowest BCUT2D eigenvalue weighted by Crippen LogP contribution is -2.58. The Kier molecular flexibility index (Phi) is 5.42. The molecule has 1 saturated heterocycles. The van der Waals surface area contributed by atoms with E-state index in [1.807, 2.05) is 37.9 Å². The fourth-order valence-electron chi connectivity index (χ4n) is 2.84. The van der Waals surface area contributed by atoms with Crippen LogP contribution in [-0.2, 0) is 6.54 Å². The molecule has 1 fully saturated rings. The Morgan fingerprint density at radius 1 is 1.45 bits per heavy atom. The minimum atomic E-state index is -0.700. The minimum Gasteiger partial charge on any atom is -0.389 e. The molecule has 1 aliphatic rings. The average molecular weight is 309 g/mol. The van der Waals surface area contributed by atoms with Crippen molar-refractivity contribution in [2.24, 2.45) is 0 Å². The number of hydrogen-bond donors (Lipinski definition) is 2. The molecule has 1 atom stereocenters. The van der Waals surface area contributed by atoms with Gasteiger partial charge in [-0.25, -0.2) is 4.79 Å². The van der Waals surface area contributed by atoms with Crippen LogP contribution in [0.4, 0.5) is 4.79 Å². The fourth-order valence-corrected chi connectivity index (χ4v) is 2.84. The average Bonchev–Trinajstić information content (AvgIpc) is 2.89. The number of carbonyl (C=O) groups excluding carboxylic acids is 1. The summed E-state index contributed by atoms with van der Waals surface area (Å²) in [4.78, 5) is 16.3. The van der Waals surface area contributed by atoms with Crippen molar-refractivity contribution in [3.05, 3.63) is 18.5 Å². The van der Waals surface area contributed by atoms with Gasteiger partial charge in [0.1, 0.15) is 0 Å². The molecule has 0 aliphatic carbocycles. The summed E-state index contributed by atoms with van der Waals surface area (Å²) in [5, 5.41) is 16.9. The summed E-state index contributed by atoms with van der Waals surface area (Å²) in [6.45, 7) is 9.80. The Bertz CT molecular complexity index is 469. The SMILES string of the molecule is C[C@@H]1CN(CC(C)(C)O)CCN1C(=O)NCCn1cccn1. The van der Waals surface area contributed by atoms with Gasteiger partial charge in [0.25, 0.3) is 0 Å². The first-order valence-electron chi connectivity index (χ1n) is 7.82. The number of amides is 2. The van der Waals surface area contributed by atoms with Gasteiger partial charge in [-0.3, -0.25) is 9.58 Å². The smallest absolute Gasteiger partial charge is 0.317 e. The van der Waals surface area contributed by atoms with E-state index in [-0.39, 0.29) is 12.1 Å². The van der Waals surface area contributed by atoms with Crippen LogP contribution in [0.3, 0.4) is 0 Å². The van der Waals surface area contributed by atoms with Crippen LogP contribution in [0.2, 0.25) is 0 Å². The molecule has 124 valence electrons. The van der Waals surface area contributed by atoms with E-state index in [0.29, 0.717) is 26.2 Å². The Labute approximate surface area is 131 Å². The molecule has 22 heavy (non-hydrogen) atoms. The number of carbonyl (C=O) groups is 1. The molecule has 2 amide bonds. The number of piperazine rings is 1. The van der Waals surface area contributed by atoms with E-state index in [1.54, 1.807) is 10.9 Å².